The van der Waals surface area contributed by atoms with E-state index in [1.165, 1.54) is 11.1 Å². The number of hydrogen-bond acceptors (Lipinski definition) is 3. The van der Waals surface area contributed by atoms with Crippen molar-refractivity contribution in [3.8, 4) is 0 Å². The minimum absolute atomic E-state index is 0. The molecular weight excluding hydrogens is 494 g/mol. The Balaban J connectivity index is -0.000000159. The fourth-order valence-electron chi connectivity index (χ4n) is 2.07. The van der Waals surface area contributed by atoms with Gasteiger partial charge in [0.25, 0.3) is 0 Å². The van der Waals surface area contributed by atoms with Gasteiger partial charge in [0.1, 0.15) is 6.29 Å². The van der Waals surface area contributed by atoms with Gasteiger partial charge < -0.3 is 20.2 Å². The first-order valence-corrected chi connectivity index (χ1v) is 9.47. The summed E-state index contributed by atoms with van der Waals surface area (Å²) in [6.07, 6.45) is 7.96. The van der Waals surface area contributed by atoms with Gasteiger partial charge in [-0.15, -0.1) is 38.3 Å². The van der Waals surface area contributed by atoms with Gasteiger partial charge in [0.15, 0.2) is 0 Å². The van der Waals surface area contributed by atoms with Crippen LogP contribution >= 0.6 is 0 Å². The second-order valence-electron chi connectivity index (χ2n) is 4.84. The molecular formula is C20H36N2O3Y2-2. The molecule has 0 atom stereocenters. The first-order chi connectivity index (χ1) is 12.3. The summed E-state index contributed by atoms with van der Waals surface area (Å²) in [5.74, 6) is -0.120. The van der Waals surface area contributed by atoms with Crippen molar-refractivity contribution in [2.24, 2.45) is 0 Å². The molecule has 152 valence electrons. The van der Waals surface area contributed by atoms with Gasteiger partial charge in [0, 0.05) is 71.8 Å². The summed E-state index contributed by atoms with van der Waals surface area (Å²) in [6, 6.07) is 0. The van der Waals surface area contributed by atoms with Crippen LogP contribution < -0.4 is 0 Å². The molecule has 0 aromatic rings. The predicted molar refractivity (Wildman–Crippen MR) is 106 cm³/mol. The third kappa shape index (κ3) is 22.9. The minimum atomic E-state index is -0.120. The molecule has 0 saturated carbocycles. The van der Waals surface area contributed by atoms with Crippen molar-refractivity contribution in [1.82, 2.24) is 0 Å². The van der Waals surface area contributed by atoms with Crippen LogP contribution in [0.25, 0.3) is 10.6 Å². The summed E-state index contributed by atoms with van der Waals surface area (Å²) in [5.41, 5.74) is 2.42. The van der Waals surface area contributed by atoms with E-state index in [1.54, 1.807) is 0 Å². The van der Waals surface area contributed by atoms with Crippen LogP contribution in [0.3, 0.4) is 0 Å². The standard InChI is InChI=1S/C9H14NO2.C7H10NO.2C2H6.2Y/c1-2-12-9(11)7-8-3-5-10-6-4-8;9-6-3-7-1-4-8-5-2-7;2*1-2;;/h3H,2,4-7H2,1H3;1,6H,2-5H2;2*1-2H3;;/q2*-1;;;;. The second-order valence-corrected chi connectivity index (χ2v) is 4.84. The largest absolute Gasteiger partial charge is 0.659 e. The summed E-state index contributed by atoms with van der Waals surface area (Å²) < 4.78 is 4.83. The average molecular weight is 530 g/mol. The van der Waals surface area contributed by atoms with Crippen molar-refractivity contribution in [1.29, 1.82) is 0 Å². The fraction of sp³-hybridized carbons (Fsp3) is 0.700. The summed E-state index contributed by atoms with van der Waals surface area (Å²) in [5, 5.41) is 8.27. The molecule has 2 rings (SSSR count). The summed E-state index contributed by atoms with van der Waals surface area (Å²) in [4.78, 5) is 21.0. The number of esters is 1. The van der Waals surface area contributed by atoms with E-state index in [4.69, 9.17) is 4.74 Å². The third-order valence-corrected chi connectivity index (χ3v) is 3.22. The Kier molecular flexibility index (Phi) is 37.7. The van der Waals surface area contributed by atoms with Gasteiger partial charge in [-0.1, -0.05) is 51.7 Å². The Morgan fingerprint density at radius 1 is 1.00 bits per heavy atom. The maximum atomic E-state index is 11.0. The topological polar surface area (TPSA) is 71.6 Å². The quantitative estimate of drug-likeness (QED) is 0.286. The molecule has 0 aliphatic carbocycles. The molecule has 0 aromatic carbocycles. The van der Waals surface area contributed by atoms with Crippen LogP contribution in [-0.2, 0) is 79.7 Å². The van der Waals surface area contributed by atoms with E-state index in [-0.39, 0.29) is 71.4 Å². The first-order valence-electron chi connectivity index (χ1n) is 9.47. The molecule has 2 aliphatic heterocycles. The smallest absolute Gasteiger partial charge is 0.309 e. The van der Waals surface area contributed by atoms with Crippen LogP contribution in [0.1, 0.15) is 60.3 Å². The first kappa shape index (κ1) is 35.2. The number of carbonyl (C=O) groups is 2. The molecule has 27 heavy (non-hydrogen) atoms. The van der Waals surface area contributed by atoms with Gasteiger partial charge in [-0.3, -0.25) is 4.79 Å². The fourth-order valence-corrected chi connectivity index (χ4v) is 2.07. The van der Waals surface area contributed by atoms with Crippen molar-refractivity contribution in [3.05, 3.63) is 33.9 Å². The van der Waals surface area contributed by atoms with Crippen molar-refractivity contribution in [2.75, 3.05) is 32.8 Å². The van der Waals surface area contributed by atoms with Gasteiger partial charge in [-0.2, -0.15) is 0 Å². The van der Waals surface area contributed by atoms with Crippen molar-refractivity contribution >= 4 is 12.3 Å². The van der Waals surface area contributed by atoms with E-state index in [9.17, 15) is 9.59 Å². The van der Waals surface area contributed by atoms with Gasteiger partial charge in [0.05, 0.1) is 13.0 Å². The normalized spacial score (nSPS) is 14.3. The molecule has 2 radical (unpaired) electrons. The SMILES string of the molecule is CC.CC.CCOC(=O)CC1=CC[N-]CC1.O=CCC1=CC[N-]CC1.[Y].[Y]. The average Bonchev–Trinajstić information content (AvgIpc) is 2.68. The van der Waals surface area contributed by atoms with E-state index < -0.39 is 0 Å². The Morgan fingerprint density at radius 3 is 1.85 bits per heavy atom. The molecule has 0 unspecified atom stereocenters. The molecule has 0 spiro atoms. The van der Waals surface area contributed by atoms with Gasteiger partial charge in [-0.05, 0) is 6.92 Å². The van der Waals surface area contributed by atoms with E-state index in [1.807, 2.05) is 46.8 Å². The molecule has 7 heteroatoms. The van der Waals surface area contributed by atoms with Crippen LogP contribution in [0.15, 0.2) is 23.3 Å². The summed E-state index contributed by atoms with van der Waals surface area (Å²) in [7, 11) is 0. The summed E-state index contributed by atoms with van der Waals surface area (Å²) in [6.45, 7) is 13.6. The maximum absolute atomic E-state index is 11.0. The van der Waals surface area contributed by atoms with Gasteiger partial charge in [-0.25, -0.2) is 0 Å². The zero-order chi connectivity index (χ0) is 19.3. The Morgan fingerprint density at radius 2 is 1.48 bits per heavy atom. The number of ether oxygens (including phenoxy) is 1. The van der Waals surface area contributed by atoms with Crippen LogP contribution in [0, 0.1) is 0 Å². The zero-order valence-corrected chi connectivity index (χ0v) is 23.5. The molecule has 0 aromatic heterocycles. The second kappa shape index (κ2) is 29.0. The van der Waals surface area contributed by atoms with Crippen molar-refractivity contribution in [2.45, 2.75) is 60.3 Å². The number of rotatable bonds is 5. The van der Waals surface area contributed by atoms with E-state index in [0.717, 1.165) is 45.3 Å². The third-order valence-electron chi connectivity index (χ3n) is 3.22. The number of carbonyl (C=O) groups excluding carboxylic acids is 2. The van der Waals surface area contributed by atoms with Crippen molar-refractivity contribution in [3.63, 3.8) is 0 Å². The van der Waals surface area contributed by atoms with Crippen molar-refractivity contribution < 1.29 is 79.7 Å². The molecule has 0 N–H and O–H groups in total. The van der Waals surface area contributed by atoms with Crippen LogP contribution in [0.2, 0.25) is 0 Å². The molecule has 0 bridgehead atoms. The van der Waals surface area contributed by atoms with Gasteiger partial charge >= 0.3 is 5.97 Å². The molecule has 0 saturated heterocycles. The monoisotopic (exact) mass is 530 g/mol. The maximum Gasteiger partial charge on any atom is 0.309 e. The van der Waals surface area contributed by atoms with E-state index in [0.29, 0.717) is 19.4 Å². The van der Waals surface area contributed by atoms with Crippen LogP contribution in [0.5, 0.6) is 0 Å². The molecule has 0 amide bonds. The molecule has 2 heterocycles. The molecule has 2 aliphatic rings. The van der Waals surface area contributed by atoms with Crippen LogP contribution in [0.4, 0.5) is 0 Å². The Labute approximate surface area is 217 Å². The molecule has 5 nitrogen and oxygen atoms in total. The van der Waals surface area contributed by atoms with Crippen LogP contribution in [-0.4, -0.2) is 45.0 Å². The molecule has 0 fully saturated rings. The Bertz CT molecular complexity index is 401. The number of aldehydes is 1. The van der Waals surface area contributed by atoms with E-state index >= 15 is 0 Å². The predicted octanol–water partition coefficient (Wildman–Crippen LogP) is 4.97. The number of hydrogen-bond donors (Lipinski definition) is 0. The Hall–Kier alpha value is 0.748. The minimum Gasteiger partial charge on any atom is -0.659 e. The zero-order valence-electron chi connectivity index (χ0n) is 17.9. The van der Waals surface area contributed by atoms with E-state index in [2.05, 4.69) is 10.6 Å². The van der Waals surface area contributed by atoms with Gasteiger partial charge in [0.2, 0.25) is 0 Å². The number of nitrogens with zero attached hydrogens (tertiary/aromatic N) is 2. The summed E-state index contributed by atoms with van der Waals surface area (Å²) >= 11 is 0.